The van der Waals surface area contributed by atoms with Crippen molar-refractivity contribution < 1.29 is 0 Å². The molecule has 0 radical (unpaired) electrons. The highest BCUT2D eigenvalue weighted by Crippen LogP contribution is 2.47. The summed E-state index contributed by atoms with van der Waals surface area (Å²) in [4.78, 5) is 2.34. The Morgan fingerprint density at radius 3 is 1.46 bits per heavy atom. The molecule has 0 saturated heterocycles. The number of anilines is 3. The summed E-state index contributed by atoms with van der Waals surface area (Å²) in [5.74, 6) is 0. The van der Waals surface area contributed by atoms with Crippen molar-refractivity contribution >= 4 is 77.0 Å². The molecule has 0 amide bonds. The van der Waals surface area contributed by atoms with Crippen molar-refractivity contribution in [1.82, 2.24) is 8.97 Å². The van der Waals surface area contributed by atoms with Gasteiger partial charge in [-0.15, -0.1) is 0 Å². The fraction of sp³-hybridized carbons (Fsp3) is 0. The van der Waals surface area contributed by atoms with E-state index < -0.39 is 0 Å². The van der Waals surface area contributed by atoms with E-state index in [4.69, 9.17) is 0 Å². The number of benzene rings is 9. The van der Waals surface area contributed by atoms with Gasteiger partial charge in [0.1, 0.15) is 0 Å². The molecule has 12 aromatic rings. The van der Waals surface area contributed by atoms with Crippen LogP contribution in [0.25, 0.3) is 87.8 Å². The summed E-state index contributed by atoms with van der Waals surface area (Å²) in [7, 11) is 0. The van der Waals surface area contributed by atoms with Gasteiger partial charge in [0, 0.05) is 49.7 Å². The van der Waals surface area contributed by atoms with Gasteiger partial charge in [0.2, 0.25) is 0 Å². The van der Waals surface area contributed by atoms with Crippen molar-refractivity contribution in [3.8, 4) is 27.9 Å². The molecule has 3 aromatic heterocycles. The monoisotopic (exact) mass is 725 g/mol. The molecule has 0 unspecified atom stereocenters. The van der Waals surface area contributed by atoms with Crippen LogP contribution in [0.1, 0.15) is 0 Å². The summed E-state index contributed by atoms with van der Waals surface area (Å²) in [6, 6.07) is 77.3. The van der Waals surface area contributed by atoms with Gasteiger partial charge in [-0.25, -0.2) is 0 Å². The normalized spacial score (nSPS) is 11.9. The molecule has 0 atom stereocenters. The number of aromatic nitrogens is 2. The topological polar surface area (TPSA) is 12.6 Å². The predicted octanol–water partition coefficient (Wildman–Crippen LogP) is 14.7. The quantitative estimate of drug-likeness (QED) is 0.166. The minimum Gasteiger partial charge on any atom is -0.311 e. The first-order valence-electron chi connectivity index (χ1n) is 19.6. The van der Waals surface area contributed by atoms with E-state index in [1.165, 1.54) is 82.2 Å². The molecule has 0 saturated carbocycles. The number of hydrogen-bond donors (Lipinski definition) is 0. The van der Waals surface area contributed by atoms with Crippen LogP contribution in [-0.2, 0) is 0 Å². The zero-order valence-corrected chi connectivity index (χ0v) is 31.0. The van der Waals surface area contributed by atoms with E-state index in [1.807, 2.05) is 0 Å². The molecule has 0 N–H and O–H groups in total. The molecule has 12 rings (SSSR count). The Hall–Kier alpha value is -7.62. The summed E-state index contributed by atoms with van der Waals surface area (Å²) in [6.07, 6.45) is 0. The number of fused-ring (bicyclic) bond motifs is 6. The molecule has 266 valence electrons. The molecule has 0 fully saturated rings. The van der Waals surface area contributed by atoms with Crippen LogP contribution in [-0.4, -0.2) is 8.97 Å². The predicted molar refractivity (Wildman–Crippen MR) is 241 cm³/mol. The summed E-state index contributed by atoms with van der Waals surface area (Å²) in [5, 5.41) is 7.63. The van der Waals surface area contributed by atoms with Gasteiger partial charge in [-0.3, -0.25) is 0 Å². The van der Waals surface area contributed by atoms with Crippen LogP contribution >= 0.6 is 0 Å². The lowest BCUT2D eigenvalue weighted by molar-refractivity contribution is 1.17. The average molecular weight is 726 g/mol. The zero-order valence-electron chi connectivity index (χ0n) is 31.0. The lowest BCUT2D eigenvalue weighted by Gasteiger charge is -2.26. The van der Waals surface area contributed by atoms with Crippen molar-refractivity contribution in [3.05, 3.63) is 212 Å². The van der Waals surface area contributed by atoms with Crippen LogP contribution in [0, 0.1) is 0 Å². The van der Waals surface area contributed by atoms with Gasteiger partial charge in [0.05, 0.1) is 27.6 Å². The number of nitrogens with zero attached hydrogens (tertiary/aromatic N) is 3. The van der Waals surface area contributed by atoms with Gasteiger partial charge in [-0.05, 0) is 107 Å². The molecule has 0 aliphatic heterocycles. The number of hydrogen-bond acceptors (Lipinski definition) is 1. The molecule has 3 heterocycles. The summed E-state index contributed by atoms with van der Waals surface area (Å²) in [6.45, 7) is 0. The maximum absolute atomic E-state index is 2.51. The van der Waals surface area contributed by atoms with Crippen molar-refractivity contribution in [3.63, 3.8) is 0 Å². The Balaban J connectivity index is 1.12. The number of para-hydroxylation sites is 3. The van der Waals surface area contributed by atoms with Crippen LogP contribution in [0.3, 0.4) is 0 Å². The smallest absolute Gasteiger partial charge is 0.0641 e. The minimum absolute atomic E-state index is 1.10. The zero-order chi connectivity index (χ0) is 37.5. The van der Waals surface area contributed by atoms with Crippen LogP contribution in [0.4, 0.5) is 17.1 Å². The lowest BCUT2D eigenvalue weighted by Crippen LogP contribution is -2.10. The van der Waals surface area contributed by atoms with Gasteiger partial charge in [0.15, 0.2) is 0 Å². The Labute approximate surface area is 329 Å². The number of rotatable bonds is 6. The molecule has 0 bridgehead atoms. The van der Waals surface area contributed by atoms with E-state index in [-0.39, 0.29) is 0 Å². The maximum Gasteiger partial charge on any atom is 0.0641 e. The maximum atomic E-state index is 2.51. The van der Waals surface area contributed by atoms with Gasteiger partial charge in [0.25, 0.3) is 0 Å². The molecule has 3 heteroatoms. The third-order valence-electron chi connectivity index (χ3n) is 11.8. The van der Waals surface area contributed by atoms with E-state index in [0.717, 1.165) is 22.7 Å². The van der Waals surface area contributed by atoms with Gasteiger partial charge < -0.3 is 13.9 Å². The fourth-order valence-electron chi connectivity index (χ4n) is 9.32. The second-order valence-corrected chi connectivity index (χ2v) is 14.9. The first kappa shape index (κ1) is 31.7. The average Bonchev–Trinajstić information content (AvgIpc) is 3.76. The van der Waals surface area contributed by atoms with E-state index in [0.29, 0.717) is 0 Å². The molecular weight excluding hydrogens is 691 g/mol. The van der Waals surface area contributed by atoms with Crippen molar-refractivity contribution in [1.29, 1.82) is 0 Å². The van der Waals surface area contributed by atoms with Gasteiger partial charge >= 0.3 is 0 Å². The molecule has 9 aromatic carbocycles. The van der Waals surface area contributed by atoms with Crippen LogP contribution in [0.5, 0.6) is 0 Å². The molecule has 0 aliphatic carbocycles. The highest BCUT2D eigenvalue weighted by atomic mass is 15.1. The molecule has 0 aliphatic rings. The van der Waals surface area contributed by atoms with E-state index in [9.17, 15) is 0 Å². The third-order valence-corrected chi connectivity index (χ3v) is 11.8. The first-order chi connectivity index (χ1) is 28.3. The second-order valence-electron chi connectivity index (χ2n) is 14.9. The first-order valence-corrected chi connectivity index (χ1v) is 19.6. The SMILES string of the molecule is c1ccc(-c2ccc(N(c3ccccc3)c3ccc(-n4c5cc(-c6ccccc6)cc6c7ccccc7n7c8ccccc8c8ccc4c(c65)c87)cc3)cc2)cc1. The van der Waals surface area contributed by atoms with Gasteiger partial charge in [-0.1, -0.05) is 133 Å². The van der Waals surface area contributed by atoms with Gasteiger partial charge in [-0.2, -0.15) is 0 Å². The Morgan fingerprint density at radius 1 is 0.298 bits per heavy atom. The van der Waals surface area contributed by atoms with E-state index >= 15 is 0 Å². The largest absolute Gasteiger partial charge is 0.311 e. The van der Waals surface area contributed by atoms with E-state index in [1.54, 1.807) is 0 Å². The third kappa shape index (κ3) is 4.79. The Kier molecular flexibility index (Phi) is 6.93. The van der Waals surface area contributed by atoms with Crippen molar-refractivity contribution in [2.24, 2.45) is 0 Å². The summed E-state index contributed by atoms with van der Waals surface area (Å²) >= 11 is 0. The van der Waals surface area contributed by atoms with Crippen molar-refractivity contribution in [2.75, 3.05) is 4.90 Å². The molecule has 0 spiro atoms. The van der Waals surface area contributed by atoms with Crippen LogP contribution in [0.15, 0.2) is 212 Å². The van der Waals surface area contributed by atoms with E-state index in [2.05, 4.69) is 226 Å². The minimum atomic E-state index is 1.10. The van der Waals surface area contributed by atoms with Crippen LogP contribution in [0.2, 0.25) is 0 Å². The fourth-order valence-corrected chi connectivity index (χ4v) is 9.32. The highest BCUT2D eigenvalue weighted by molar-refractivity contribution is 6.33. The lowest BCUT2D eigenvalue weighted by atomic mass is 9.98. The standard InChI is InChI=1S/C54H35N3/c1-4-14-36(15-5-1)38-24-26-41(27-25-38)55(40-18-8-3-9-19-40)42-28-30-43(31-29-42)56-50-33-32-46-44-20-10-12-22-48(44)57-49-23-13-11-21-45(49)47-34-39(37-16-6-2-7-17-37)35-51(56)52(47)53(50)54(46)57/h1-35H. The highest BCUT2D eigenvalue weighted by Gasteiger charge is 2.24. The molecule has 57 heavy (non-hydrogen) atoms. The Bertz CT molecular complexity index is 3420. The van der Waals surface area contributed by atoms with Crippen LogP contribution < -0.4 is 4.90 Å². The second kappa shape index (κ2) is 12.5. The summed E-state index contributed by atoms with van der Waals surface area (Å²) < 4.78 is 5.00. The van der Waals surface area contributed by atoms with Crippen molar-refractivity contribution in [2.45, 2.75) is 0 Å². The summed E-state index contributed by atoms with van der Waals surface area (Å²) in [5.41, 5.74) is 15.4. The molecule has 3 nitrogen and oxygen atoms in total. The molecular formula is C54H35N3. The Morgan fingerprint density at radius 2 is 0.807 bits per heavy atom.